The van der Waals surface area contributed by atoms with Gasteiger partial charge in [0.15, 0.2) is 6.35 Å². The molecule has 0 aromatic carbocycles. The van der Waals surface area contributed by atoms with Gasteiger partial charge < -0.3 is 4.74 Å². The Hall–Kier alpha value is -0.380. The van der Waals surface area contributed by atoms with Crippen LogP contribution in [0.1, 0.15) is 58.3 Å². The van der Waals surface area contributed by atoms with Crippen LogP contribution in [0.2, 0.25) is 0 Å². The smallest absolute Gasteiger partial charge is 0.167 e. The van der Waals surface area contributed by atoms with Crippen molar-refractivity contribution in [1.29, 1.82) is 0 Å². The van der Waals surface area contributed by atoms with Gasteiger partial charge in [-0.05, 0) is 41.0 Å². The van der Waals surface area contributed by atoms with E-state index in [1.54, 1.807) is 0 Å². The molecule has 3 nitrogen and oxygen atoms in total. The second kappa shape index (κ2) is 13.6. The lowest BCUT2D eigenvalue weighted by atomic mass is 10.1. The lowest BCUT2D eigenvalue weighted by Crippen LogP contribution is -2.42. The molecule has 0 heterocycles. The van der Waals surface area contributed by atoms with Gasteiger partial charge in [-0.3, -0.25) is 9.80 Å². The van der Waals surface area contributed by atoms with Gasteiger partial charge in [-0.2, -0.15) is 0 Å². The van der Waals surface area contributed by atoms with Crippen LogP contribution in [0.4, 0.5) is 0 Å². The lowest BCUT2D eigenvalue weighted by molar-refractivity contribution is -0.109. The zero-order chi connectivity index (χ0) is 15.2. The summed E-state index contributed by atoms with van der Waals surface area (Å²) in [6, 6.07) is 0. The first-order valence-corrected chi connectivity index (χ1v) is 8.19. The summed E-state index contributed by atoms with van der Waals surface area (Å²) in [5.74, 6) is 0. The molecule has 0 spiro atoms. The Morgan fingerprint density at radius 1 is 0.800 bits per heavy atom. The normalized spacial score (nSPS) is 12.4. The van der Waals surface area contributed by atoms with Gasteiger partial charge >= 0.3 is 0 Å². The van der Waals surface area contributed by atoms with Gasteiger partial charge in [-0.25, -0.2) is 0 Å². The molecule has 0 amide bonds. The van der Waals surface area contributed by atoms with E-state index in [4.69, 9.17) is 4.74 Å². The van der Waals surface area contributed by atoms with Gasteiger partial charge in [0.1, 0.15) is 0 Å². The molecule has 0 aromatic heterocycles. The van der Waals surface area contributed by atoms with E-state index in [1.807, 2.05) is 28.2 Å². The van der Waals surface area contributed by atoms with Gasteiger partial charge in [0, 0.05) is 0 Å². The van der Waals surface area contributed by atoms with Crippen LogP contribution in [-0.4, -0.2) is 50.9 Å². The maximum atomic E-state index is 5.80. The fraction of sp³-hybridized carbons (Fsp3) is 0.882. The van der Waals surface area contributed by atoms with E-state index in [0.29, 0.717) is 6.61 Å². The SMILES string of the molecule is CCCCCCCCCC=CCOC(N(C)C)N(C)C. The first-order chi connectivity index (χ1) is 9.59. The molecule has 0 aromatic rings. The molecule has 0 rings (SSSR count). The third-order valence-corrected chi connectivity index (χ3v) is 3.37. The van der Waals surface area contributed by atoms with Crippen molar-refractivity contribution in [3.8, 4) is 0 Å². The Morgan fingerprint density at radius 3 is 1.90 bits per heavy atom. The number of allylic oxidation sites excluding steroid dienone is 1. The van der Waals surface area contributed by atoms with Crippen molar-refractivity contribution in [3.05, 3.63) is 12.2 Å². The molecular formula is C17H36N2O. The van der Waals surface area contributed by atoms with E-state index in [2.05, 4.69) is 28.9 Å². The second-order valence-electron chi connectivity index (χ2n) is 5.97. The van der Waals surface area contributed by atoms with Crippen LogP contribution in [0.5, 0.6) is 0 Å². The van der Waals surface area contributed by atoms with Crippen molar-refractivity contribution in [1.82, 2.24) is 9.80 Å². The molecule has 0 atom stereocenters. The van der Waals surface area contributed by atoms with Gasteiger partial charge in [-0.1, -0.05) is 57.6 Å². The highest BCUT2D eigenvalue weighted by Crippen LogP contribution is 2.08. The van der Waals surface area contributed by atoms with Crippen LogP contribution < -0.4 is 0 Å². The topological polar surface area (TPSA) is 15.7 Å². The summed E-state index contributed by atoms with van der Waals surface area (Å²) in [4.78, 5) is 4.15. The number of unbranched alkanes of at least 4 members (excludes halogenated alkanes) is 7. The first-order valence-electron chi connectivity index (χ1n) is 8.19. The summed E-state index contributed by atoms with van der Waals surface area (Å²) in [6.45, 7) is 2.96. The van der Waals surface area contributed by atoms with Crippen LogP contribution in [0, 0.1) is 0 Å². The van der Waals surface area contributed by atoms with Gasteiger partial charge in [0.2, 0.25) is 0 Å². The van der Waals surface area contributed by atoms with Gasteiger partial charge in [-0.15, -0.1) is 0 Å². The molecule has 0 aliphatic carbocycles. The number of hydrogen-bond acceptors (Lipinski definition) is 3. The summed E-state index contributed by atoms with van der Waals surface area (Å²) < 4.78 is 5.80. The molecule has 0 saturated carbocycles. The highest BCUT2D eigenvalue weighted by molar-refractivity contribution is 4.81. The highest BCUT2D eigenvalue weighted by atomic mass is 16.5. The Morgan fingerprint density at radius 2 is 1.35 bits per heavy atom. The van der Waals surface area contributed by atoms with Crippen molar-refractivity contribution in [2.45, 2.75) is 64.6 Å². The monoisotopic (exact) mass is 284 g/mol. The summed E-state index contributed by atoms with van der Waals surface area (Å²) in [5.41, 5.74) is 0. The molecule has 0 saturated heterocycles. The molecular weight excluding hydrogens is 248 g/mol. The molecule has 0 fully saturated rings. The summed E-state index contributed by atoms with van der Waals surface area (Å²) >= 11 is 0. The fourth-order valence-electron chi connectivity index (χ4n) is 2.31. The van der Waals surface area contributed by atoms with Crippen LogP contribution >= 0.6 is 0 Å². The Labute approximate surface area is 127 Å². The molecule has 3 heteroatoms. The highest BCUT2D eigenvalue weighted by Gasteiger charge is 2.12. The largest absolute Gasteiger partial charge is 0.345 e. The third kappa shape index (κ3) is 11.4. The van der Waals surface area contributed by atoms with E-state index in [-0.39, 0.29) is 6.35 Å². The summed E-state index contributed by atoms with van der Waals surface area (Å²) in [6.07, 6.45) is 15.3. The summed E-state index contributed by atoms with van der Waals surface area (Å²) in [5, 5.41) is 0. The molecule has 0 aliphatic rings. The van der Waals surface area contributed by atoms with Gasteiger partial charge in [0.25, 0.3) is 0 Å². The second-order valence-corrected chi connectivity index (χ2v) is 5.97. The molecule has 120 valence electrons. The Balaban J connectivity index is 3.43. The van der Waals surface area contributed by atoms with Crippen LogP contribution in [0.25, 0.3) is 0 Å². The van der Waals surface area contributed by atoms with E-state index >= 15 is 0 Å². The predicted molar refractivity (Wildman–Crippen MR) is 88.9 cm³/mol. The molecule has 0 aliphatic heterocycles. The third-order valence-electron chi connectivity index (χ3n) is 3.37. The molecule has 0 bridgehead atoms. The van der Waals surface area contributed by atoms with Crippen LogP contribution in [0.15, 0.2) is 12.2 Å². The number of nitrogens with zero attached hydrogens (tertiary/aromatic N) is 2. The molecule has 0 unspecified atom stereocenters. The van der Waals surface area contributed by atoms with Crippen molar-refractivity contribution in [3.63, 3.8) is 0 Å². The first kappa shape index (κ1) is 19.6. The zero-order valence-electron chi connectivity index (χ0n) is 14.4. The van der Waals surface area contributed by atoms with Crippen molar-refractivity contribution in [2.75, 3.05) is 34.8 Å². The maximum absolute atomic E-state index is 5.80. The Kier molecular flexibility index (Phi) is 13.3. The van der Waals surface area contributed by atoms with Crippen molar-refractivity contribution in [2.24, 2.45) is 0 Å². The average Bonchev–Trinajstić information content (AvgIpc) is 2.39. The predicted octanol–water partition coefficient (Wildman–Crippen LogP) is 4.11. The van der Waals surface area contributed by atoms with E-state index in [0.717, 1.165) is 0 Å². The molecule has 0 radical (unpaired) electrons. The van der Waals surface area contributed by atoms with E-state index < -0.39 is 0 Å². The molecule has 0 N–H and O–H groups in total. The fourth-order valence-corrected chi connectivity index (χ4v) is 2.31. The summed E-state index contributed by atoms with van der Waals surface area (Å²) in [7, 11) is 8.14. The lowest BCUT2D eigenvalue weighted by Gasteiger charge is -2.29. The average molecular weight is 284 g/mol. The quantitative estimate of drug-likeness (QED) is 0.288. The van der Waals surface area contributed by atoms with Gasteiger partial charge in [0.05, 0.1) is 6.61 Å². The zero-order valence-corrected chi connectivity index (χ0v) is 14.4. The Bertz CT molecular complexity index is 219. The standard InChI is InChI=1S/C17H36N2O/c1-6-7-8-9-10-11-12-13-14-15-16-20-17(18(2)3)19(4)5/h14-15,17H,6-13,16H2,1-5H3. The van der Waals surface area contributed by atoms with E-state index in [9.17, 15) is 0 Å². The number of ether oxygens (including phenoxy) is 1. The van der Waals surface area contributed by atoms with Crippen molar-refractivity contribution < 1.29 is 4.74 Å². The number of rotatable bonds is 13. The minimum atomic E-state index is 0.0539. The van der Waals surface area contributed by atoms with Crippen LogP contribution in [-0.2, 0) is 4.74 Å². The number of hydrogen-bond donors (Lipinski definition) is 0. The van der Waals surface area contributed by atoms with E-state index in [1.165, 1.54) is 51.4 Å². The van der Waals surface area contributed by atoms with Crippen molar-refractivity contribution >= 4 is 0 Å². The van der Waals surface area contributed by atoms with Crippen LogP contribution in [0.3, 0.4) is 0 Å². The maximum Gasteiger partial charge on any atom is 0.167 e. The molecule has 20 heavy (non-hydrogen) atoms. The minimum absolute atomic E-state index is 0.0539. The minimum Gasteiger partial charge on any atom is -0.345 e.